The first-order valence-electron chi connectivity index (χ1n) is 7.83. The van der Waals surface area contributed by atoms with Gasteiger partial charge in [0.15, 0.2) is 5.84 Å². The van der Waals surface area contributed by atoms with Gasteiger partial charge in [-0.05, 0) is 45.7 Å². The van der Waals surface area contributed by atoms with E-state index in [9.17, 15) is 4.79 Å². The zero-order valence-electron chi connectivity index (χ0n) is 13.8. The Morgan fingerprint density at radius 2 is 1.86 bits per heavy atom. The Morgan fingerprint density at radius 1 is 1.33 bits per heavy atom. The number of rotatable bonds is 6. The fourth-order valence-electron chi connectivity index (χ4n) is 3.26. The largest absolute Gasteiger partial charge is 0.409 e. The summed E-state index contributed by atoms with van der Waals surface area (Å²) in [6.45, 7) is 6.42. The van der Waals surface area contributed by atoms with Crippen molar-refractivity contribution in [1.29, 1.82) is 0 Å². The number of likely N-dealkylation sites (tertiary alicyclic amines) is 1. The molecular weight excluding hydrogens is 268 g/mol. The van der Waals surface area contributed by atoms with Crippen molar-refractivity contribution in [2.45, 2.75) is 39.5 Å². The summed E-state index contributed by atoms with van der Waals surface area (Å²) in [5, 5.41) is 12.1. The van der Waals surface area contributed by atoms with Gasteiger partial charge in [0.25, 0.3) is 0 Å². The number of hydrogen-bond donors (Lipinski definition) is 2. The lowest BCUT2D eigenvalue weighted by molar-refractivity contribution is -0.140. The summed E-state index contributed by atoms with van der Waals surface area (Å²) >= 11 is 0. The second-order valence-corrected chi connectivity index (χ2v) is 6.27. The van der Waals surface area contributed by atoms with Gasteiger partial charge in [0.05, 0.1) is 0 Å². The number of amidine groups is 1. The van der Waals surface area contributed by atoms with Crippen molar-refractivity contribution in [3.05, 3.63) is 0 Å². The molecule has 0 spiro atoms. The highest BCUT2D eigenvalue weighted by Crippen LogP contribution is 2.31. The lowest BCUT2D eigenvalue weighted by atomic mass is 9.79. The Kier molecular flexibility index (Phi) is 6.45. The van der Waals surface area contributed by atoms with Crippen molar-refractivity contribution in [3.63, 3.8) is 0 Å². The van der Waals surface area contributed by atoms with Crippen LogP contribution in [0.3, 0.4) is 0 Å². The van der Waals surface area contributed by atoms with E-state index in [0.717, 1.165) is 32.5 Å². The van der Waals surface area contributed by atoms with Crippen LogP contribution in [0.25, 0.3) is 0 Å². The predicted molar refractivity (Wildman–Crippen MR) is 84.3 cm³/mol. The van der Waals surface area contributed by atoms with Crippen molar-refractivity contribution in [2.75, 3.05) is 33.7 Å². The molecule has 1 amide bonds. The van der Waals surface area contributed by atoms with Gasteiger partial charge >= 0.3 is 0 Å². The fourth-order valence-corrected chi connectivity index (χ4v) is 3.26. The minimum atomic E-state index is -0.858. The second-order valence-electron chi connectivity index (χ2n) is 6.27. The van der Waals surface area contributed by atoms with Gasteiger partial charge in [-0.25, -0.2) is 0 Å². The van der Waals surface area contributed by atoms with Gasteiger partial charge in [0.2, 0.25) is 5.91 Å². The van der Waals surface area contributed by atoms with E-state index in [1.54, 1.807) is 0 Å². The molecule has 0 radical (unpaired) electrons. The maximum Gasteiger partial charge on any atom is 0.236 e. The second kappa shape index (κ2) is 7.64. The molecule has 0 unspecified atom stereocenters. The molecule has 0 aromatic rings. The number of piperidine rings is 1. The number of nitrogens with two attached hydrogens (primary N) is 1. The first-order chi connectivity index (χ1) is 9.91. The summed E-state index contributed by atoms with van der Waals surface area (Å²) in [6.07, 6.45) is 3.14. The van der Waals surface area contributed by atoms with E-state index in [0.29, 0.717) is 18.8 Å². The van der Waals surface area contributed by atoms with Crippen molar-refractivity contribution >= 4 is 11.7 Å². The third-order valence-electron chi connectivity index (χ3n) is 4.74. The molecule has 0 saturated carbocycles. The molecule has 0 aromatic heterocycles. The van der Waals surface area contributed by atoms with Crippen molar-refractivity contribution < 1.29 is 10.0 Å². The molecule has 1 aliphatic rings. The van der Waals surface area contributed by atoms with Crippen LogP contribution in [-0.2, 0) is 4.79 Å². The van der Waals surface area contributed by atoms with Gasteiger partial charge in [-0.1, -0.05) is 19.0 Å². The van der Waals surface area contributed by atoms with Crippen molar-refractivity contribution in [3.8, 4) is 0 Å². The first-order valence-corrected chi connectivity index (χ1v) is 7.83. The average Bonchev–Trinajstić information content (AvgIpc) is 2.48. The van der Waals surface area contributed by atoms with Crippen LogP contribution in [0.1, 0.15) is 39.5 Å². The van der Waals surface area contributed by atoms with E-state index in [-0.39, 0.29) is 11.7 Å². The predicted octanol–water partition coefficient (Wildman–Crippen LogP) is 1.34. The van der Waals surface area contributed by atoms with Crippen LogP contribution in [-0.4, -0.2) is 60.5 Å². The van der Waals surface area contributed by atoms with Gasteiger partial charge in [0, 0.05) is 19.6 Å². The molecule has 0 atom stereocenters. The molecule has 122 valence electrons. The summed E-state index contributed by atoms with van der Waals surface area (Å²) < 4.78 is 0. The Hall–Kier alpha value is -1.30. The molecule has 1 rings (SSSR count). The van der Waals surface area contributed by atoms with E-state index < -0.39 is 5.41 Å². The van der Waals surface area contributed by atoms with Crippen LogP contribution >= 0.6 is 0 Å². The number of carbonyl (C=O) groups excluding carboxylic acids is 1. The lowest BCUT2D eigenvalue weighted by Crippen LogP contribution is -2.53. The fraction of sp³-hybridized carbons (Fsp3) is 0.867. The van der Waals surface area contributed by atoms with Crippen LogP contribution < -0.4 is 5.73 Å². The van der Waals surface area contributed by atoms with E-state index in [2.05, 4.69) is 24.2 Å². The Morgan fingerprint density at radius 3 is 2.24 bits per heavy atom. The van der Waals surface area contributed by atoms with Gasteiger partial charge in [-0.15, -0.1) is 0 Å². The van der Waals surface area contributed by atoms with E-state index in [1.165, 1.54) is 0 Å². The molecule has 3 N–H and O–H groups in total. The highest BCUT2D eigenvalue weighted by Gasteiger charge is 2.43. The Labute approximate surface area is 128 Å². The van der Waals surface area contributed by atoms with Crippen LogP contribution in [0.15, 0.2) is 5.16 Å². The van der Waals surface area contributed by atoms with Crippen LogP contribution in [0.4, 0.5) is 0 Å². The molecule has 1 aliphatic heterocycles. The molecule has 1 heterocycles. The number of amides is 1. The SMILES string of the molecule is CCC(CC)(C(=O)N1CCC(CN(C)C)CC1)C(N)=NO. The number of carbonyl (C=O) groups is 1. The van der Waals surface area contributed by atoms with Gasteiger partial charge in [-0.2, -0.15) is 0 Å². The smallest absolute Gasteiger partial charge is 0.236 e. The Bertz CT molecular complexity index is 370. The van der Waals surface area contributed by atoms with Gasteiger partial charge in [0.1, 0.15) is 5.41 Å². The van der Waals surface area contributed by atoms with E-state index in [1.807, 2.05) is 18.7 Å². The first kappa shape index (κ1) is 17.8. The zero-order valence-corrected chi connectivity index (χ0v) is 13.8. The highest BCUT2D eigenvalue weighted by molar-refractivity contribution is 6.06. The summed E-state index contributed by atoms with van der Waals surface area (Å²) in [6, 6.07) is 0. The summed E-state index contributed by atoms with van der Waals surface area (Å²) in [4.78, 5) is 16.9. The minimum Gasteiger partial charge on any atom is -0.409 e. The standard InChI is InChI=1S/C15H30N4O2/c1-5-15(6-2,13(16)17-21)14(20)19-9-7-12(8-10-19)11-18(3)4/h12,21H,5-11H2,1-4H3,(H2,16,17). The lowest BCUT2D eigenvalue weighted by Gasteiger charge is -2.39. The minimum absolute atomic E-state index is 0.00565. The monoisotopic (exact) mass is 298 g/mol. The zero-order chi connectivity index (χ0) is 16.0. The summed E-state index contributed by atoms with van der Waals surface area (Å²) in [7, 11) is 4.16. The molecular formula is C15H30N4O2. The quantitative estimate of drug-likeness (QED) is 0.335. The molecule has 0 bridgehead atoms. The van der Waals surface area contributed by atoms with E-state index in [4.69, 9.17) is 10.9 Å². The van der Waals surface area contributed by atoms with Crippen molar-refractivity contribution in [1.82, 2.24) is 9.80 Å². The molecule has 6 heteroatoms. The molecule has 0 aromatic carbocycles. The summed E-state index contributed by atoms with van der Waals surface area (Å²) in [5.74, 6) is 0.685. The average molecular weight is 298 g/mol. The summed E-state index contributed by atoms with van der Waals surface area (Å²) in [5.41, 5.74) is 4.96. The van der Waals surface area contributed by atoms with Crippen LogP contribution in [0.5, 0.6) is 0 Å². The molecule has 1 saturated heterocycles. The number of oxime groups is 1. The normalized spacial score (nSPS) is 18.3. The Balaban J connectivity index is 2.75. The molecule has 6 nitrogen and oxygen atoms in total. The third-order valence-corrected chi connectivity index (χ3v) is 4.74. The van der Waals surface area contributed by atoms with Crippen LogP contribution in [0.2, 0.25) is 0 Å². The molecule has 21 heavy (non-hydrogen) atoms. The molecule has 1 fully saturated rings. The number of hydrogen-bond acceptors (Lipinski definition) is 4. The highest BCUT2D eigenvalue weighted by atomic mass is 16.4. The maximum atomic E-state index is 12.9. The molecule has 0 aliphatic carbocycles. The van der Waals surface area contributed by atoms with Gasteiger partial charge < -0.3 is 20.7 Å². The van der Waals surface area contributed by atoms with E-state index >= 15 is 0 Å². The van der Waals surface area contributed by atoms with Crippen molar-refractivity contribution in [2.24, 2.45) is 22.2 Å². The number of nitrogens with zero attached hydrogens (tertiary/aromatic N) is 3. The maximum absolute atomic E-state index is 12.9. The van der Waals surface area contributed by atoms with Gasteiger partial charge in [-0.3, -0.25) is 4.79 Å². The third kappa shape index (κ3) is 3.87. The van der Waals surface area contributed by atoms with Crippen LogP contribution in [0, 0.1) is 11.3 Å². The topological polar surface area (TPSA) is 82.2 Å².